The van der Waals surface area contributed by atoms with E-state index in [4.69, 9.17) is 9.47 Å². The number of rotatable bonds is 7. The lowest BCUT2D eigenvalue weighted by Crippen LogP contribution is -2.29. The third-order valence-corrected chi connectivity index (χ3v) is 4.62. The Morgan fingerprint density at radius 3 is 2.74 bits per heavy atom. The maximum absolute atomic E-state index is 12.6. The number of aromatic nitrogens is 3. The van der Waals surface area contributed by atoms with Crippen molar-refractivity contribution >= 4 is 22.4 Å². The number of fused-ring (bicyclic) bond motifs is 1. The standard InChI is InChI=1S/C23H20N4O4/c1-30-20-9-8-18(11-21(20)31-15-16-5-4-10-24-12-16)26-22(28)14-27-23(29)19-7-3-2-6-17(19)13-25-27/h2-13H,14-15H2,1H3,(H,26,28). The Bertz CT molecular complexity index is 1270. The summed E-state index contributed by atoms with van der Waals surface area (Å²) in [6.07, 6.45) is 4.98. The van der Waals surface area contributed by atoms with Crippen LogP contribution in [0.2, 0.25) is 0 Å². The minimum absolute atomic E-state index is 0.207. The van der Waals surface area contributed by atoms with E-state index in [1.807, 2.05) is 18.2 Å². The van der Waals surface area contributed by atoms with Gasteiger partial charge in [-0.05, 0) is 24.3 Å². The second kappa shape index (κ2) is 9.08. The molecule has 0 aliphatic heterocycles. The average molecular weight is 416 g/mol. The van der Waals surface area contributed by atoms with Gasteiger partial charge in [-0.15, -0.1) is 0 Å². The van der Waals surface area contributed by atoms with Crippen LogP contribution in [0.1, 0.15) is 5.56 Å². The lowest BCUT2D eigenvalue weighted by Gasteiger charge is -2.13. The fourth-order valence-corrected chi connectivity index (χ4v) is 3.09. The van der Waals surface area contributed by atoms with Crippen molar-refractivity contribution in [1.82, 2.24) is 14.8 Å². The highest BCUT2D eigenvalue weighted by Gasteiger charge is 2.11. The van der Waals surface area contributed by atoms with Crippen LogP contribution in [0.15, 0.2) is 78.0 Å². The molecule has 1 amide bonds. The molecule has 31 heavy (non-hydrogen) atoms. The van der Waals surface area contributed by atoms with Gasteiger partial charge in [0.15, 0.2) is 11.5 Å². The van der Waals surface area contributed by atoms with E-state index in [-0.39, 0.29) is 18.0 Å². The Morgan fingerprint density at radius 2 is 1.94 bits per heavy atom. The van der Waals surface area contributed by atoms with Gasteiger partial charge >= 0.3 is 0 Å². The van der Waals surface area contributed by atoms with Crippen LogP contribution in [0, 0.1) is 0 Å². The molecule has 1 N–H and O–H groups in total. The van der Waals surface area contributed by atoms with Crippen molar-refractivity contribution < 1.29 is 14.3 Å². The fourth-order valence-electron chi connectivity index (χ4n) is 3.09. The summed E-state index contributed by atoms with van der Waals surface area (Å²) < 4.78 is 12.3. The number of carbonyl (C=O) groups excluding carboxylic acids is 1. The molecule has 8 heteroatoms. The number of carbonyl (C=O) groups is 1. The Kier molecular flexibility index (Phi) is 5.89. The molecule has 0 saturated carbocycles. The first-order valence-corrected chi connectivity index (χ1v) is 9.58. The number of benzene rings is 2. The lowest BCUT2D eigenvalue weighted by molar-refractivity contribution is -0.117. The second-order valence-electron chi connectivity index (χ2n) is 6.76. The van der Waals surface area contributed by atoms with Crippen molar-refractivity contribution in [2.75, 3.05) is 12.4 Å². The van der Waals surface area contributed by atoms with E-state index in [2.05, 4.69) is 15.4 Å². The van der Waals surface area contributed by atoms with Gasteiger partial charge < -0.3 is 14.8 Å². The highest BCUT2D eigenvalue weighted by Crippen LogP contribution is 2.31. The minimum Gasteiger partial charge on any atom is -0.493 e. The van der Waals surface area contributed by atoms with Crippen LogP contribution in [0.5, 0.6) is 11.5 Å². The highest BCUT2D eigenvalue weighted by molar-refractivity contribution is 5.91. The Labute approximate surface area is 178 Å². The van der Waals surface area contributed by atoms with Crippen LogP contribution in [0.25, 0.3) is 10.8 Å². The van der Waals surface area contributed by atoms with Gasteiger partial charge in [-0.2, -0.15) is 5.10 Å². The molecule has 0 aliphatic carbocycles. The normalized spacial score (nSPS) is 10.6. The number of amides is 1. The highest BCUT2D eigenvalue weighted by atomic mass is 16.5. The summed E-state index contributed by atoms with van der Waals surface area (Å²) in [6, 6.07) is 15.9. The van der Waals surface area contributed by atoms with Crippen molar-refractivity contribution in [3.63, 3.8) is 0 Å². The maximum atomic E-state index is 12.6. The summed E-state index contributed by atoms with van der Waals surface area (Å²) >= 11 is 0. The van der Waals surface area contributed by atoms with Crippen molar-refractivity contribution in [3.8, 4) is 11.5 Å². The SMILES string of the molecule is COc1ccc(NC(=O)Cn2ncc3ccccc3c2=O)cc1OCc1cccnc1. The molecule has 8 nitrogen and oxygen atoms in total. The topological polar surface area (TPSA) is 95.3 Å². The van der Waals surface area contributed by atoms with Gasteiger partial charge in [-0.25, -0.2) is 4.68 Å². The predicted molar refractivity (Wildman–Crippen MR) is 116 cm³/mol. The summed E-state index contributed by atoms with van der Waals surface area (Å²) in [6.45, 7) is 0.0968. The number of nitrogens with one attached hydrogen (secondary N) is 1. The van der Waals surface area contributed by atoms with Gasteiger partial charge in [0.05, 0.1) is 18.7 Å². The van der Waals surface area contributed by atoms with Crippen LogP contribution in [0.4, 0.5) is 5.69 Å². The third-order valence-electron chi connectivity index (χ3n) is 4.62. The third kappa shape index (κ3) is 4.69. The molecule has 0 saturated heterocycles. The first kappa shape index (κ1) is 20.1. The number of anilines is 1. The summed E-state index contributed by atoms with van der Waals surface area (Å²) in [5.41, 5.74) is 1.10. The van der Waals surface area contributed by atoms with Crippen molar-refractivity contribution in [2.45, 2.75) is 13.2 Å². The van der Waals surface area contributed by atoms with Crippen LogP contribution in [0.3, 0.4) is 0 Å². The second-order valence-corrected chi connectivity index (χ2v) is 6.76. The van der Waals surface area contributed by atoms with E-state index < -0.39 is 0 Å². The van der Waals surface area contributed by atoms with Crippen LogP contribution >= 0.6 is 0 Å². The molecule has 0 fully saturated rings. The summed E-state index contributed by atoms with van der Waals surface area (Å²) in [4.78, 5) is 29.1. The van der Waals surface area contributed by atoms with E-state index >= 15 is 0 Å². The van der Waals surface area contributed by atoms with Gasteiger partial charge in [0, 0.05) is 35.1 Å². The summed E-state index contributed by atoms with van der Waals surface area (Å²) in [5, 5.41) is 8.10. The zero-order chi connectivity index (χ0) is 21.6. The van der Waals surface area contributed by atoms with Crippen LogP contribution in [-0.2, 0) is 17.9 Å². The maximum Gasteiger partial charge on any atom is 0.275 e. The largest absolute Gasteiger partial charge is 0.493 e. The molecule has 0 spiro atoms. The molecule has 2 aromatic carbocycles. The smallest absolute Gasteiger partial charge is 0.275 e. The number of hydrogen-bond acceptors (Lipinski definition) is 6. The van der Waals surface area contributed by atoms with Gasteiger partial charge in [0.2, 0.25) is 5.91 Å². The number of hydrogen-bond donors (Lipinski definition) is 1. The molecule has 0 aliphatic rings. The molecule has 0 unspecified atom stereocenters. The summed E-state index contributed by atoms with van der Waals surface area (Å²) in [5.74, 6) is 0.632. The first-order chi connectivity index (χ1) is 15.1. The van der Waals surface area contributed by atoms with Gasteiger partial charge in [0.25, 0.3) is 5.56 Å². The molecule has 2 aromatic heterocycles. The van der Waals surface area contributed by atoms with E-state index in [0.29, 0.717) is 29.2 Å². The van der Waals surface area contributed by atoms with Gasteiger partial charge in [0.1, 0.15) is 13.2 Å². The molecular weight excluding hydrogens is 396 g/mol. The van der Waals surface area contributed by atoms with Gasteiger partial charge in [-0.3, -0.25) is 14.6 Å². The molecule has 4 aromatic rings. The summed E-state index contributed by atoms with van der Waals surface area (Å²) in [7, 11) is 1.54. The molecular formula is C23H20N4O4. The predicted octanol–water partition coefficient (Wildman–Crippen LogP) is 3.02. The number of ether oxygens (including phenoxy) is 2. The molecule has 2 heterocycles. The number of nitrogens with zero attached hydrogens (tertiary/aromatic N) is 3. The Hall–Kier alpha value is -4.20. The van der Waals surface area contributed by atoms with Crippen molar-refractivity contribution in [1.29, 1.82) is 0 Å². The van der Waals surface area contributed by atoms with Crippen LogP contribution < -0.4 is 20.3 Å². The number of pyridine rings is 1. The first-order valence-electron chi connectivity index (χ1n) is 9.58. The van der Waals surface area contributed by atoms with Crippen LogP contribution in [-0.4, -0.2) is 27.8 Å². The average Bonchev–Trinajstić information content (AvgIpc) is 2.80. The molecule has 156 valence electrons. The van der Waals surface area contributed by atoms with E-state index in [9.17, 15) is 9.59 Å². The van der Waals surface area contributed by atoms with Crippen molar-refractivity contribution in [2.24, 2.45) is 0 Å². The Balaban J connectivity index is 1.48. The number of methoxy groups -OCH3 is 1. The van der Waals surface area contributed by atoms with E-state index in [1.165, 1.54) is 0 Å². The minimum atomic E-state index is -0.381. The monoisotopic (exact) mass is 416 g/mol. The molecule has 4 rings (SSSR count). The fraction of sp³-hybridized carbons (Fsp3) is 0.130. The molecule has 0 bridgehead atoms. The van der Waals surface area contributed by atoms with Crippen molar-refractivity contribution in [3.05, 3.63) is 89.1 Å². The Morgan fingerprint density at radius 1 is 1.06 bits per heavy atom. The van der Waals surface area contributed by atoms with Gasteiger partial charge in [-0.1, -0.05) is 24.3 Å². The van der Waals surface area contributed by atoms with E-state index in [0.717, 1.165) is 15.6 Å². The lowest BCUT2D eigenvalue weighted by atomic mass is 10.2. The zero-order valence-electron chi connectivity index (χ0n) is 16.8. The molecule has 0 radical (unpaired) electrons. The quantitative estimate of drug-likeness (QED) is 0.498. The molecule has 0 atom stereocenters. The zero-order valence-corrected chi connectivity index (χ0v) is 16.8. The van der Waals surface area contributed by atoms with E-state index in [1.54, 1.807) is 62.1 Å².